The largest absolute Gasteiger partial charge is 0.493 e. The molecule has 0 aliphatic carbocycles. The first kappa shape index (κ1) is 15.9. The van der Waals surface area contributed by atoms with Crippen molar-refractivity contribution in [2.75, 3.05) is 14.2 Å². The van der Waals surface area contributed by atoms with Crippen LogP contribution in [0.3, 0.4) is 0 Å². The summed E-state index contributed by atoms with van der Waals surface area (Å²) in [4.78, 5) is 0. The minimum Gasteiger partial charge on any atom is -0.493 e. The Labute approximate surface area is 134 Å². The molecule has 2 aromatic rings. The molecule has 21 heavy (non-hydrogen) atoms. The maximum atomic E-state index is 5.45. The number of nitrogens with one attached hydrogen (secondary N) is 1. The second-order valence-corrected chi connectivity index (χ2v) is 5.63. The fraction of sp³-hybridized carbons (Fsp3) is 0.294. The van der Waals surface area contributed by atoms with Gasteiger partial charge in [-0.3, -0.25) is 0 Å². The first-order valence-electron chi connectivity index (χ1n) is 6.85. The molecule has 0 unspecified atom stereocenters. The van der Waals surface area contributed by atoms with E-state index < -0.39 is 0 Å². The van der Waals surface area contributed by atoms with Crippen LogP contribution in [-0.2, 0) is 6.54 Å². The zero-order valence-corrected chi connectivity index (χ0v) is 14.1. The number of halogens is 1. The molecule has 0 aromatic heterocycles. The molecule has 0 aliphatic heterocycles. The van der Waals surface area contributed by atoms with Crippen molar-refractivity contribution in [1.29, 1.82) is 0 Å². The molecule has 3 nitrogen and oxygen atoms in total. The van der Waals surface area contributed by atoms with Crippen LogP contribution < -0.4 is 14.8 Å². The molecule has 112 valence electrons. The maximum absolute atomic E-state index is 5.45. The topological polar surface area (TPSA) is 30.5 Å². The monoisotopic (exact) mass is 349 g/mol. The maximum Gasteiger partial charge on any atom is 0.165 e. The van der Waals surface area contributed by atoms with E-state index in [0.29, 0.717) is 6.54 Å². The molecule has 0 radical (unpaired) electrons. The summed E-state index contributed by atoms with van der Waals surface area (Å²) in [7, 11) is 3.32. The highest BCUT2D eigenvalue weighted by Crippen LogP contribution is 2.31. The van der Waals surface area contributed by atoms with E-state index in [-0.39, 0.29) is 6.04 Å². The summed E-state index contributed by atoms with van der Waals surface area (Å²) in [6, 6.07) is 14.4. The van der Waals surface area contributed by atoms with E-state index in [1.165, 1.54) is 5.56 Å². The van der Waals surface area contributed by atoms with Gasteiger partial charge in [0.1, 0.15) is 0 Å². The number of hydrogen-bond donors (Lipinski definition) is 1. The van der Waals surface area contributed by atoms with E-state index in [9.17, 15) is 0 Å². The summed E-state index contributed by atoms with van der Waals surface area (Å²) in [6.07, 6.45) is 0. The Hall–Kier alpha value is -1.52. The molecule has 0 saturated heterocycles. The van der Waals surface area contributed by atoms with Crippen LogP contribution in [0.5, 0.6) is 11.5 Å². The average Bonchev–Trinajstić information content (AvgIpc) is 2.52. The van der Waals surface area contributed by atoms with Crippen molar-refractivity contribution in [2.24, 2.45) is 0 Å². The first-order chi connectivity index (χ1) is 10.2. The lowest BCUT2D eigenvalue weighted by molar-refractivity contribution is 0.350. The van der Waals surface area contributed by atoms with E-state index in [1.807, 2.05) is 30.3 Å². The number of hydrogen-bond acceptors (Lipinski definition) is 3. The molecule has 2 rings (SSSR count). The molecule has 1 N–H and O–H groups in total. The molecule has 1 atom stereocenters. The SMILES string of the molecule is COc1cccc(CN[C@@H](C)c2ccccc2Br)c1OC. The van der Waals surface area contributed by atoms with Crippen LogP contribution in [0.15, 0.2) is 46.9 Å². The zero-order chi connectivity index (χ0) is 15.2. The number of rotatable bonds is 6. The van der Waals surface area contributed by atoms with Crippen LogP contribution in [-0.4, -0.2) is 14.2 Å². The van der Waals surface area contributed by atoms with Crippen LogP contribution in [0.25, 0.3) is 0 Å². The third-order valence-corrected chi connectivity index (χ3v) is 4.18. The fourth-order valence-electron chi connectivity index (χ4n) is 2.29. The minimum absolute atomic E-state index is 0.233. The Balaban J connectivity index is 2.11. The van der Waals surface area contributed by atoms with Gasteiger partial charge in [0.2, 0.25) is 0 Å². The molecular formula is C17H20BrNO2. The molecule has 0 heterocycles. The average molecular weight is 350 g/mol. The lowest BCUT2D eigenvalue weighted by atomic mass is 10.1. The van der Waals surface area contributed by atoms with Crippen LogP contribution in [0, 0.1) is 0 Å². The smallest absolute Gasteiger partial charge is 0.165 e. The van der Waals surface area contributed by atoms with Crippen molar-refractivity contribution in [3.63, 3.8) is 0 Å². The van der Waals surface area contributed by atoms with Gasteiger partial charge in [0.15, 0.2) is 11.5 Å². The normalized spacial score (nSPS) is 12.0. The summed E-state index contributed by atoms with van der Waals surface area (Å²) in [5.41, 5.74) is 2.31. The molecule has 0 spiro atoms. The van der Waals surface area contributed by atoms with Gasteiger partial charge in [-0.15, -0.1) is 0 Å². The van der Waals surface area contributed by atoms with Gasteiger partial charge in [0, 0.05) is 22.6 Å². The molecule has 2 aromatic carbocycles. The predicted octanol–water partition coefficient (Wildman–Crippen LogP) is 4.32. The van der Waals surface area contributed by atoms with Crippen LogP contribution in [0.4, 0.5) is 0 Å². The highest BCUT2D eigenvalue weighted by Gasteiger charge is 2.12. The summed E-state index contributed by atoms with van der Waals surface area (Å²) in [5.74, 6) is 1.54. The Morgan fingerprint density at radius 1 is 1.05 bits per heavy atom. The van der Waals surface area contributed by atoms with E-state index in [1.54, 1.807) is 14.2 Å². The van der Waals surface area contributed by atoms with Crippen molar-refractivity contribution in [1.82, 2.24) is 5.32 Å². The number of benzene rings is 2. The first-order valence-corrected chi connectivity index (χ1v) is 7.64. The van der Waals surface area contributed by atoms with E-state index in [0.717, 1.165) is 21.5 Å². The van der Waals surface area contributed by atoms with Crippen LogP contribution in [0.2, 0.25) is 0 Å². The molecular weight excluding hydrogens is 330 g/mol. The molecule has 0 fully saturated rings. The molecule has 0 amide bonds. The van der Waals surface area contributed by atoms with Gasteiger partial charge in [-0.25, -0.2) is 0 Å². The molecule has 0 saturated carbocycles. The number of para-hydroxylation sites is 1. The summed E-state index contributed by atoms with van der Waals surface area (Å²) < 4.78 is 11.9. The van der Waals surface area contributed by atoms with Gasteiger partial charge in [-0.05, 0) is 24.6 Å². The van der Waals surface area contributed by atoms with Crippen molar-refractivity contribution >= 4 is 15.9 Å². The van der Waals surface area contributed by atoms with Crippen molar-refractivity contribution in [2.45, 2.75) is 19.5 Å². The molecule has 4 heteroatoms. The van der Waals surface area contributed by atoms with Gasteiger partial charge in [-0.2, -0.15) is 0 Å². The van der Waals surface area contributed by atoms with E-state index in [4.69, 9.17) is 9.47 Å². The lowest BCUT2D eigenvalue weighted by Gasteiger charge is -2.18. The van der Waals surface area contributed by atoms with Gasteiger partial charge >= 0.3 is 0 Å². The standard InChI is InChI=1S/C17H20BrNO2/c1-12(14-8-4-5-9-15(14)18)19-11-13-7-6-10-16(20-2)17(13)21-3/h4-10,12,19H,11H2,1-3H3/t12-/m0/s1. The number of ether oxygens (including phenoxy) is 2. The second-order valence-electron chi connectivity index (χ2n) is 4.78. The zero-order valence-electron chi connectivity index (χ0n) is 12.5. The van der Waals surface area contributed by atoms with Crippen LogP contribution in [0.1, 0.15) is 24.1 Å². The van der Waals surface area contributed by atoms with Crippen molar-refractivity contribution in [3.8, 4) is 11.5 Å². The summed E-state index contributed by atoms with van der Waals surface area (Å²) in [5, 5.41) is 3.52. The Morgan fingerprint density at radius 3 is 2.48 bits per heavy atom. The van der Waals surface area contributed by atoms with Gasteiger partial charge in [0.25, 0.3) is 0 Å². The minimum atomic E-state index is 0.233. The molecule has 0 bridgehead atoms. The van der Waals surface area contributed by atoms with Crippen LogP contribution >= 0.6 is 15.9 Å². The Bertz CT molecular complexity index is 601. The highest BCUT2D eigenvalue weighted by atomic mass is 79.9. The van der Waals surface area contributed by atoms with Gasteiger partial charge < -0.3 is 14.8 Å². The van der Waals surface area contributed by atoms with Gasteiger partial charge in [0.05, 0.1) is 14.2 Å². The highest BCUT2D eigenvalue weighted by molar-refractivity contribution is 9.10. The van der Waals surface area contributed by atoms with E-state index >= 15 is 0 Å². The van der Waals surface area contributed by atoms with Gasteiger partial charge in [-0.1, -0.05) is 46.3 Å². The second kappa shape index (κ2) is 7.48. The lowest BCUT2D eigenvalue weighted by Crippen LogP contribution is -2.19. The quantitative estimate of drug-likeness (QED) is 0.842. The fourth-order valence-corrected chi connectivity index (χ4v) is 2.92. The third kappa shape index (κ3) is 3.77. The third-order valence-electron chi connectivity index (χ3n) is 3.45. The van der Waals surface area contributed by atoms with E-state index in [2.05, 4.69) is 40.3 Å². The molecule has 0 aliphatic rings. The van der Waals surface area contributed by atoms with Crippen molar-refractivity contribution < 1.29 is 9.47 Å². The Kier molecular flexibility index (Phi) is 5.65. The Morgan fingerprint density at radius 2 is 1.81 bits per heavy atom. The van der Waals surface area contributed by atoms with Crippen molar-refractivity contribution in [3.05, 3.63) is 58.1 Å². The summed E-state index contributed by atoms with van der Waals surface area (Å²) >= 11 is 3.59. The summed E-state index contributed by atoms with van der Waals surface area (Å²) in [6.45, 7) is 2.86. The predicted molar refractivity (Wildman–Crippen MR) is 88.9 cm³/mol. The number of methoxy groups -OCH3 is 2.